The molecule has 1 atom stereocenters. The van der Waals surface area contributed by atoms with Gasteiger partial charge in [-0.05, 0) is 64.1 Å². The lowest BCUT2D eigenvalue weighted by Gasteiger charge is -2.30. The molecule has 9 heteroatoms. The molecule has 0 aromatic heterocycles. The van der Waals surface area contributed by atoms with Crippen molar-refractivity contribution >= 4 is 23.9 Å². The van der Waals surface area contributed by atoms with Crippen molar-refractivity contribution in [1.82, 2.24) is 14.5 Å². The zero-order chi connectivity index (χ0) is 24.6. The summed E-state index contributed by atoms with van der Waals surface area (Å²) in [4.78, 5) is 27.4. The fraction of sp³-hybridized carbons (Fsp3) is 0.600. The number of benzene rings is 1. The number of carbonyl (C=O) groups is 2. The summed E-state index contributed by atoms with van der Waals surface area (Å²) >= 11 is 1.63. The maximum absolute atomic E-state index is 12.5. The molecule has 0 unspecified atom stereocenters. The van der Waals surface area contributed by atoms with Gasteiger partial charge < -0.3 is 24.4 Å². The Morgan fingerprint density at radius 2 is 2.12 bits per heavy atom. The number of hydrogen-bond acceptors (Lipinski definition) is 7. The molecule has 1 aromatic carbocycles. The fourth-order valence-electron chi connectivity index (χ4n) is 3.89. The smallest absolute Gasteiger partial charge is 0.407 e. The zero-order valence-corrected chi connectivity index (χ0v) is 21.5. The quantitative estimate of drug-likeness (QED) is 0.375. The minimum atomic E-state index is -0.520. The van der Waals surface area contributed by atoms with E-state index >= 15 is 0 Å². The van der Waals surface area contributed by atoms with Gasteiger partial charge in [0.15, 0.2) is 0 Å². The Bertz CT molecular complexity index is 871. The molecule has 1 fully saturated rings. The summed E-state index contributed by atoms with van der Waals surface area (Å²) in [5, 5.41) is 2.83. The first-order valence-corrected chi connectivity index (χ1v) is 12.7. The van der Waals surface area contributed by atoms with Crippen molar-refractivity contribution in [3.8, 4) is 11.5 Å². The summed E-state index contributed by atoms with van der Waals surface area (Å²) in [5.41, 5.74) is -0.520. The second kappa shape index (κ2) is 12.4. The number of fused-ring (bicyclic) bond motifs is 2. The minimum absolute atomic E-state index is 0.159. The van der Waals surface area contributed by atoms with E-state index < -0.39 is 11.7 Å². The molecule has 0 radical (unpaired) electrons. The molecule has 0 spiro atoms. The summed E-state index contributed by atoms with van der Waals surface area (Å²) in [6.45, 7) is 8.70. The maximum atomic E-state index is 12.5. The predicted octanol–water partition coefficient (Wildman–Crippen LogP) is 4.25. The van der Waals surface area contributed by atoms with E-state index in [2.05, 4.69) is 21.8 Å². The first kappa shape index (κ1) is 26.2. The van der Waals surface area contributed by atoms with E-state index in [0.717, 1.165) is 48.7 Å². The van der Waals surface area contributed by atoms with Crippen LogP contribution in [0.5, 0.6) is 11.5 Å². The number of nitrogens with zero attached hydrogens (tertiary/aromatic N) is 2. The molecule has 0 aliphatic carbocycles. The molecular formula is C25H37N3O5S. The normalized spacial score (nSPS) is 20.6. The highest BCUT2D eigenvalue weighted by atomic mass is 32.2. The van der Waals surface area contributed by atoms with Gasteiger partial charge in [0, 0.05) is 44.7 Å². The van der Waals surface area contributed by atoms with Crippen molar-refractivity contribution < 1.29 is 23.8 Å². The average Bonchev–Trinajstić information content (AvgIpc) is 3.12. The van der Waals surface area contributed by atoms with Gasteiger partial charge in [0.05, 0.1) is 18.6 Å². The summed E-state index contributed by atoms with van der Waals surface area (Å²) in [7, 11) is 1.65. The van der Waals surface area contributed by atoms with Crippen molar-refractivity contribution in [3.05, 3.63) is 30.4 Å². The molecule has 2 heterocycles. The van der Waals surface area contributed by atoms with Gasteiger partial charge in [-0.1, -0.05) is 12.2 Å². The average molecular weight is 492 g/mol. The van der Waals surface area contributed by atoms with Gasteiger partial charge in [-0.3, -0.25) is 4.79 Å². The van der Waals surface area contributed by atoms with Crippen LogP contribution in [0.15, 0.2) is 35.2 Å². The van der Waals surface area contributed by atoms with Gasteiger partial charge in [-0.2, -0.15) is 0 Å². The molecule has 8 nitrogen and oxygen atoms in total. The molecule has 188 valence electrons. The third-order valence-corrected chi connectivity index (χ3v) is 6.63. The van der Waals surface area contributed by atoms with Gasteiger partial charge in [-0.25, -0.2) is 9.10 Å². The first-order chi connectivity index (χ1) is 16.2. The molecule has 2 aliphatic heterocycles. The molecule has 1 aromatic rings. The SMILES string of the molecule is COc1ccc2c(c1)OCC/C=C/CN1C(=O)CC[C@@H]1CN(CCCNC(=O)OC(C)(C)C)S2. The van der Waals surface area contributed by atoms with Crippen molar-refractivity contribution in [1.29, 1.82) is 0 Å². The number of carbonyl (C=O) groups excluding carboxylic acids is 2. The second-order valence-corrected chi connectivity index (χ2v) is 10.6. The lowest BCUT2D eigenvalue weighted by atomic mass is 10.2. The standard InChI is InChI=1S/C25H37N3O5S/c1-25(2,3)33-24(30)26-13-8-14-27-18-19-9-12-23(29)28(19)15-6-5-7-16-32-21-17-20(31-4)10-11-22(21)34-27/h5-6,10-11,17,19H,7-9,12-16,18H2,1-4H3,(H,26,30)/b6-5+/t19-/m1/s1. The Labute approximate surface area is 207 Å². The number of alkyl carbamates (subject to hydrolysis) is 1. The van der Waals surface area contributed by atoms with Crippen molar-refractivity contribution in [2.45, 2.75) is 63.0 Å². The molecule has 34 heavy (non-hydrogen) atoms. The van der Waals surface area contributed by atoms with E-state index in [4.69, 9.17) is 14.2 Å². The van der Waals surface area contributed by atoms with E-state index in [1.54, 1.807) is 19.1 Å². The number of ether oxygens (including phenoxy) is 3. The molecule has 2 amide bonds. The van der Waals surface area contributed by atoms with Crippen molar-refractivity contribution in [3.63, 3.8) is 0 Å². The van der Waals surface area contributed by atoms with Gasteiger partial charge >= 0.3 is 6.09 Å². The van der Waals surface area contributed by atoms with Crippen LogP contribution >= 0.6 is 11.9 Å². The third-order valence-electron chi connectivity index (χ3n) is 5.51. The van der Waals surface area contributed by atoms with Crippen LogP contribution in [-0.2, 0) is 9.53 Å². The highest BCUT2D eigenvalue weighted by molar-refractivity contribution is 7.97. The summed E-state index contributed by atoms with van der Waals surface area (Å²) in [6, 6.07) is 6.02. The molecule has 1 N–H and O–H groups in total. The van der Waals surface area contributed by atoms with E-state index in [1.807, 2.05) is 43.9 Å². The van der Waals surface area contributed by atoms with Gasteiger partial charge in [0.2, 0.25) is 5.91 Å². The van der Waals surface area contributed by atoms with Crippen LogP contribution < -0.4 is 14.8 Å². The van der Waals surface area contributed by atoms with Crippen LogP contribution in [0.2, 0.25) is 0 Å². The minimum Gasteiger partial charge on any atom is -0.497 e. The largest absolute Gasteiger partial charge is 0.497 e. The second-order valence-electron chi connectivity index (χ2n) is 9.42. The Morgan fingerprint density at radius 1 is 1.29 bits per heavy atom. The zero-order valence-electron chi connectivity index (χ0n) is 20.7. The van der Waals surface area contributed by atoms with E-state index in [1.165, 1.54) is 0 Å². The number of amides is 2. The summed E-state index contributed by atoms with van der Waals surface area (Å²) < 4.78 is 19.1. The third kappa shape index (κ3) is 8.13. The van der Waals surface area contributed by atoms with E-state index in [0.29, 0.717) is 26.1 Å². The lowest BCUT2D eigenvalue weighted by Crippen LogP contribution is -2.40. The number of methoxy groups -OCH3 is 1. The highest BCUT2D eigenvalue weighted by Crippen LogP contribution is 2.36. The molecular weight excluding hydrogens is 454 g/mol. The van der Waals surface area contributed by atoms with Crippen LogP contribution in [0.1, 0.15) is 46.5 Å². The van der Waals surface area contributed by atoms with E-state index in [-0.39, 0.29) is 11.9 Å². The molecule has 1 saturated heterocycles. The summed E-state index contributed by atoms with van der Waals surface area (Å²) in [6.07, 6.45) is 6.70. The van der Waals surface area contributed by atoms with Gasteiger partial charge in [0.25, 0.3) is 0 Å². The Kier molecular flexibility index (Phi) is 9.53. The summed E-state index contributed by atoms with van der Waals surface area (Å²) in [5.74, 6) is 1.75. The fourth-order valence-corrected chi connectivity index (χ4v) is 4.97. The number of rotatable bonds is 5. The van der Waals surface area contributed by atoms with Crippen LogP contribution in [0, 0.1) is 0 Å². The molecule has 0 bridgehead atoms. The monoisotopic (exact) mass is 491 g/mol. The lowest BCUT2D eigenvalue weighted by molar-refractivity contribution is -0.128. The van der Waals surface area contributed by atoms with Crippen LogP contribution in [0.3, 0.4) is 0 Å². The maximum Gasteiger partial charge on any atom is 0.407 e. The molecule has 2 aliphatic rings. The van der Waals surface area contributed by atoms with E-state index in [9.17, 15) is 9.59 Å². The predicted molar refractivity (Wildman–Crippen MR) is 133 cm³/mol. The van der Waals surface area contributed by atoms with Crippen LogP contribution in [0.25, 0.3) is 0 Å². The van der Waals surface area contributed by atoms with Crippen LogP contribution in [-0.4, -0.2) is 72.7 Å². The highest BCUT2D eigenvalue weighted by Gasteiger charge is 2.32. The number of nitrogens with one attached hydrogen (secondary N) is 1. The topological polar surface area (TPSA) is 80.3 Å². The number of hydrogen-bond donors (Lipinski definition) is 1. The molecule has 3 rings (SSSR count). The first-order valence-electron chi connectivity index (χ1n) is 11.9. The van der Waals surface area contributed by atoms with Gasteiger partial charge in [0.1, 0.15) is 17.1 Å². The Balaban J connectivity index is 1.71. The van der Waals surface area contributed by atoms with Gasteiger partial charge in [-0.15, -0.1) is 0 Å². The van der Waals surface area contributed by atoms with Crippen molar-refractivity contribution in [2.24, 2.45) is 0 Å². The van der Waals surface area contributed by atoms with Crippen molar-refractivity contribution in [2.75, 3.05) is 39.9 Å². The Morgan fingerprint density at radius 3 is 2.88 bits per heavy atom. The Hall–Kier alpha value is -2.39. The van der Waals surface area contributed by atoms with Crippen LogP contribution in [0.4, 0.5) is 4.79 Å². The molecule has 0 saturated carbocycles.